The van der Waals surface area contributed by atoms with Crippen molar-refractivity contribution < 1.29 is 30.8 Å². The Morgan fingerprint density at radius 2 is 1.84 bits per heavy atom. The Kier molecular flexibility index (Phi) is 6.10. The van der Waals surface area contributed by atoms with Crippen molar-refractivity contribution in [3.8, 4) is 10.8 Å². The third-order valence-electron chi connectivity index (χ3n) is 5.15. The molecule has 0 atom stereocenters. The molecule has 12 heteroatoms. The lowest BCUT2D eigenvalue weighted by atomic mass is 10.2. The minimum Gasteiger partial charge on any atom is -0.440 e. The topological polar surface area (TPSA) is 83.7 Å². The summed E-state index contributed by atoms with van der Waals surface area (Å²) < 4.78 is 72.6. The molecule has 3 aromatic rings. The molecule has 1 aliphatic heterocycles. The van der Waals surface area contributed by atoms with Crippen LogP contribution in [0.2, 0.25) is 0 Å². The Morgan fingerprint density at radius 3 is 2.50 bits per heavy atom. The van der Waals surface area contributed by atoms with Gasteiger partial charge in [0.2, 0.25) is 21.8 Å². The van der Waals surface area contributed by atoms with E-state index in [0.29, 0.717) is 29.5 Å². The fourth-order valence-corrected chi connectivity index (χ4v) is 5.50. The highest BCUT2D eigenvalue weighted by Crippen LogP contribution is 2.27. The number of hydrogen-bond donors (Lipinski definition) is 0. The maximum Gasteiger partial charge on any atom is 0.246 e. The van der Waals surface area contributed by atoms with E-state index in [1.165, 1.54) is 16.2 Å². The van der Waals surface area contributed by atoms with Crippen LogP contribution in [0.15, 0.2) is 39.0 Å². The first-order valence-electron chi connectivity index (χ1n) is 9.60. The number of carbonyl (C=O) groups excluding carboxylic acids is 1. The van der Waals surface area contributed by atoms with Gasteiger partial charge in [-0.3, -0.25) is 4.79 Å². The van der Waals surface area contributed by atoms with Crippen molar-refractivity contribution in [2.24, 2.45) is 0 Å². The predicted molar refractivity (Wildman–Crippen MR) is 110 cm³/mol. The van der Waals surface area contributed by atoms with Crippen molar-refractivity contribution in [1.82, 2.24) is 14.2 Å². The van der Waals surface area contributed by atoms with Crippen LogP contribution in [0.5, 0.6) is 0 Å². The maximum absolute atomic E-state index is 14.0. The van der Waals surface area contributed by atoms with Gasteiger partial charge in [-0.25, -0.2) is 26.6 Å². The lowest BCUT2D eigenvalue weighted by molar-refractivity contribution is -0.131. The van der Waals surface area contributed by atoms with Crippen LogP contribution in [0, 0.1) is 24.4 Å². The van der Waals surface area contributed by atoms with Gasteiger partial charge in [-0.15, -0.1) is 11.3 Å². The molecule has 4 rings (SSSR count). The zero-order valence-corrected chi connectivity index (χ0v) is 18.5. The molecular formula is C20H18F3N3O4S2. The molecule has 1 fully saturated rings. The number of nitrogens with zero attached hydrogens (tertiary/aromatic N) is 3. The van der Waals surface area contributed by atoms with Gasteiger partial charge in [-0.05, 0) is 30.5 Å². The molecule has 0 aliphatic carbocycles. The molecule has 170 valence electrons. The van der Waals surface area contributed by atoms with Crippen molar-refractivity contribution in [3.05, 3.63) is 58.6 Å². The van der Waals surface area contributed by atoms with E-state index in [0.717, 1.165) is 9.18 Å². The van der Waals surface area contributed by atoms with Gasteiger partial charge in [-0.2, -0.15) is 4.31 Å². The Hall–Kier alpha value is -2.70. The number of benzene rings is 1. The van der Waals surface area contributed by atoms with Crippen LogP contribution in [-0.2, 0) is 21.2 Å². The number of thiophene rings is 1. The fourth-order valence-electron chi connectivity index (χ4n) is 3.38. The number of aryl methyl sites for hydroxylation is 1. The van der Waals surface area contributed by atoms with Crippen LogP contribution in [0.4, 0.5) is 13.2 Å². The molecule has 7 nitrogen and oxygen atoms in total. The number of piperazine rings is 1. The molecule has 0 radical (unpaired) electrons. The average Bonchev–Trinajstić information content (AvgIpc) is 3.42. The first-order valence-corrected chi connectivity index (χ1v) is 11.9. The van der Waals surface area contributed by atoms with E-state index in [-0.39, 0.29) is 38.5 Å². The van der Waals surface area contributed by atoms with Crippen LogP contribution >= 0.6 is 11.3 Å². The van der Waals surface area contributed by atoms with Crippen molar-refractivity contribution in [1.29, 1.82) is 0 Å². The number of rotatable bonds is 5. The summed E-state index contributed by atoms with van der Waals surface area (Å²) in [7, 11) is -4.38. The number of amides is 1. The highest BCUT2D eigenvalue weighted by molar-refractivity contribution is 7.89. The molecule has 0 bridgehead atoms. The third-order valence-corrected chi connectivity index (χ3v) is 7.93. The highest BCUT2D eigenvalue weighted by atomic mass is 32.2. The first-order chi connectivity index (χ1) is 15.2. The summed E-state index contributed by atoms with van der Waals surface area (Å²) >= 11 is 1.46. The summed E-state index contributed by atoms with van der Waals surface area (Å²) in [5, 5.41) is 1.89. The summed E-state index contributed by atoms with van der Waals surface area (Å²) in [5.41, 5.74) is 0.498. The first kappa shape index (κ1) is 22.5. The van der Waals surface area contributed by atoms with Gasteiger partial charge in [0, 0.05) is 26.2 Å². The van der Waals surface area contributed by atoms with Crippen LogP contribution in [0.25, 0.3) is 10.8 Å². The van der Waals surface area contributed by atoms with Crippen LogP contribution < -0.4 is 0 Å². The van der Waals surface area contributed by atoms with Gasteiger partial charge in [-0.1, -0.05) is 6.07 Å². The summed E-state index contributed by atoms with van der Waals surface area (Å²) in [6.07, 6.45) is -0.00867. The van der Waals surface area contributed by atoms with Crippen molar-refractivity contribution in [2.45, 2.75) is 18.2 Å². The van der Waals surface area contributed by atoms with Gasteiger partial charge in [0.05, 0.1) is 17.0 Å². The quantitative estimate of drug-likeness (QED) is 0.519. The molecule has 2 aromatic heterocycles. The Labute approximate surface area is 186 Å². The van der Waals surface area contributed by atoms with E-state index in [2.05, 4.69) is 4.98 Å². The molecule has 32 heavy (non-hydrogen) atoms. The van der Waals surface area contributed by atoms with Crippen molar-refractivity contribution in [2.75, 3.05) is 26.2 Å². The molecule has 3 heterocycles. The Balaban J connectivity index is 1.42. The fraction of sp³-hybridized carbons (Fsp3) is 0.300. The molecule has 0 unspecified atom stereocenters. The molecule has 0 saturated carbocycles. The molecular weight excluding hydrogens is 467 g/mol. The summed E-state index contributed by atoms with van der Waals surface area (Å²) in [5.74, 6) is -4.37. The van der Waals surface area contributed by atoms with Gasteiger partial charge in [0.15, 0.2) is 17.5 Å². The lowest BCUT2D eigenvalue weighted by Crippen LogP contribution is -2.51. The van der Waals surface area contributed by atoms with Crippen LogP contribution in [0.3, 0.4) is 0 Å². The average molecular weight is 486 g/mol. The number of aromatic nitrogens is 1. The number of carbonyl (C=O) groups is 1. The second-order valence-electron chi connectivity index (χ2n) is 7.13. The van der Waals surface area contributed by atoms with E-state index in [9.17, 15) is 26.4 Å². The zero-order valence-electron chi connectivity index (χ0n) is 16.8. The normalized spacial score (nSPS) is 15.3. The lowest BCUT2D eigenvalue weighted by Gasteiger charge is -2.34. The highest BCUT2D eigenvalue weighted by Gasteiger charge is 2.33. The molecule has 1 saturated heterocycles. The van der Waals surface area contributed by atoms with E-state index in [1.54, 1.807) is 6.92 Å². The monoisotopic (exact) mass is 485 g/mol. The summed E-state index contributed by atoms with van der Waals surface area (Å²) in [4.78, 5) is 18.5. The molecule has 1 amide bonds. The standard InChI is InChI=1S/C20H18F3N3O4S2/c1-12-14(24-20(30-12)15-3-2-10-31-15)11-17(27)25-6-8-26(9-7-25)32(28,29)16-5-4-13(21)18(22)19(16)23/h2-5,10H,6-9,11H2,1H3. The van der Waals surface area contributed by atoms with E-state index >= 15 is 0 Å². The second-order valence-corrected chi connectivity index (χ2v) is 9.99. The van der Waals surface area contributed by atoms with Gasteiger partial charge >= 0.3 is 0 Å². The van der Waals surface area contributed by atoms with Gasteiger partial charge in [0.1, 0.15) is 10.7 Å². The third kappa shape index (κ3) is 4.17. The molecule has 0 spiro atoms. The number of hydrogen-bond acceptors (Lipinski definition) is 6. The van der Waals surface area contributed by atoms with Crippen LogP contribution in [-0.4, -0.2) is 54.7 Å². The zero-order chi connectivity index (χ0) is 23.0. The Morgan fingerprint density at radius 1 is 1.12 bits per heavy atom. The van der Waals surface area contributed by atoms with Crippen molar-refractivity contribution in [3.63, 3.8) is 0 Å². The molecule has 1 aliphatic rings. The van der Waals surface area contributed by atoms with Crippen LogP contribution in [0.1, 0.15) is 11.5 Å². The minimum absolute atomic E-state index is 0.00867. The molecule has 1 aromatic carbocycles. The maximum atomic E-state index is 14.0. The predicted octanol–water partition coefficient (Wildman–Crippen LogP) is 3.20. The minimum atomic E-state index is -4.38. The van der Waals surface area contributed by atoms with Gasteiger partial charge in [0.25, 0.3) is 0 Å². The van der Waals surface area contributed by atoms with E-state index in [4.69, 9.17) is 4.42 Å². The van der Waals surface area contributed by atoms with E-state index < -0.39 is 32.4 Å². The SMILES string of the molecule is Cc1oc(-c2cccs2)nc1CC(=O)N1CCN(S(=O)(=O)c2ccc(F)c(F)c2F)CC1. The number of halogens is 3. The van der Waals surface area contributed by atoms with Crippen molar-refractivity contribution >= 4 is 27.3 Å². The smallest absolute Gasteiger partial charge is 0.246 e. The van der Waals surface area contributed by atoms with Gasteiger partial charge < -0.3 is 9.32 Å². The molecule has 0 N–H and O–H groups in total. The Bertz CT molecular complexity index is 1250. The second kappa shape index (κ2) is 8.68. The number of sulfonamides is 1. The summed E-state index contributed by atoms with van der Waals surface area (Å²) in [6.45, 7) is 1.64. The summed E-state index contributed by atoms with van der Waals surface area (Å²) in [6, 6.07) is 4.98. The largest absolute Gasteiger partial charge is 0.440 e. The van der Waals surface area contributed by atoms with E-state index in [1.807, 2.05) is 17.5 Å². The number of oxazole rings is 1.